The molecule has 33 heavy (non-hydrogen) atoms. The van der Waals surface area contributed by atoms with Crippen molar-refractivity contribution in [3.63, 3.8) is 0 Å². The van der Waals surface area contributed by atoms with E-state index in [0.717, 1.165) is 22.6 Å². The highest BCUT2D eigenvalue weighted by Crippen LogP contribution is 2.27. The Morgan fingerprint density at radius 2 is 1.55 bits per heavy atom. The second-order valence-corrected chi connectivity index (χ2v) is 8.04. The quantitative estimate of drug-likeness (QED) is 0.347. The highest BCUT2D eigenvalue weighted by atomic mass is 32.2. The zero-order chi connectivity index (χ0) is 23.0. The fraction of sp³-hybridized carbons (Fsp3) is 0.0833. The molecule has 3 amide bonds. The molecule has 0 saturated carbocycles. The topological polar surface area (TPSA) is 115 Å². The standard InChI is InChI=1S/C24H22N6O2S/c25-23(32)27-19-13-11-17(12-14-19)15-26-21(31)16-33-24-29-28-22(18-7-3-1-4-8-18)30(24)20-9-5-2-6-10-20/h1-14H,15-16H2,(H,26,31)(H3,25,27,32). The van der Waals surface area contributed by atoms with Crippen molar-refractivity contribution in [2.75, 3.05) is 11.1 Å². The Bertz CT molecular complexity index is 1230. The molecule has 166 valence electrons. The fourth-order valence-electron chi connectivity index (χ4n) is 3.18. The van der Waals surface area contributed by atoms with E-state index in [-0.39, 0.29) is 11.7 Å². The monoisotopic (exact) mass is 458 g/mol. The van der Waals surface area contributed by atoms with Crippen LogP contribution in [0.3, 0.4) is 0 Å². The average molecular weight is 459 g/mol. The average Bonchev–Trinajstić information content (AvgIpc) is 3.27. The van der Waals surface area contributed by atoms with Gasteiger partial charge >= 0.3 is 6.03 Å². The summed E-state index contributed by atoms with van der Waals surface area (Å²) in [5.41, 5.74) is 8.48. The van der Waals surface area contributed by atoms with Crippen molar-refractivity contribution in [3.05, 3.63) is 90.5 Å². The lowest BCUT2D eigenvalue weighted by Gasteiger charge is -2.10. The minimum atomic E-state index is -0.619. The van der Waals surface area contributed by atoms with Crippen LogP contribution < -0.4 is 16.4 Å². The number of rotatable bonds is 8. The molecule has 3 aromatic carbocycles. The fourth-order valence-corrected chi connectivity index (χ4v) is 3.96. The van der Waals surface area contributed by atoms with Crippen LogP contribution in [0.5, 0.6) is 0 Å². The highest BCUT2D eigenvalue weighted by Gasteiger charge is 2.17. The van der Waals surface area contributed by atoms with Gasteiger partial charge in [0.25, 0.3) is 0 Å². The molecule has 4 rings (SSSR count). The van der Waals surface area contributed by atoms with Gasteiger partial charge in [-0.2, -0.15) is 0 Å². The Morgan fingerprint density at radius 1 is 0.879 bits per heavy atom. The molecular formula is C24H22N6O2S. The molecule has 0 bridgehead atoms. The van der Waals surface area contributed by atoms with Gasteiger partial charge < -0.3 is 16.4 Å². The number of primary amides is 1. The Labute approximate surface area is 195 Å². The number of carbonyl (C=O) groups is 2. The summed E-state index contributed by atoms with van der Waals surface area (Å²) in [7, 11) is 0. The van der Waals surface area contributed by atoms with Crippen molar-refractivity contribution >= 4 is 29.4 Å². The van der Waals surface area contributed by atoms with Crippen LogP contribution in [-0.4, -0.2) is 32.5 Å². The molecule has 4 aromatic rings. The number of nitrogens with one attached hydrogen (secondary N) is 2. The zero-order valence-electron chi connectivity index (χ0n) is 17.6. The van der Waals surface area contributed by atoms with Gasteiger partial charge in [0.1, 0.15) is 0 Å². The number of nitrogens with zero attached hydrogens (tertiary/aromatic N) is 3. The third-order valence-electron chi connectivity index (χ3n) is 4.72. The van der Waals surface area contributed by atoms with Crippen LogP contribution in [0.4, 0.5) is 10.5 Å². The summed E-state index contributed by atoms with van der Waals surface area (Å²) in [6.07, 6.45) is 0. The number of carbonyl (C=O) groups excluding carboxylic acids is 2. The molecule has 1 aromatic heterocycles. The number of nitrogens with two attached hydrogens (primary N) is 1. The number of benzene rings is 3. The van der Waals surface area contributed by atoms with Gasteiger partial charge in [0.2, 0.25) is 5.91 Å². The molecule has 0 unspecified atom stereocenters. The van der Waals surface area contributed by atoms with Crippen LogP contribution in [0, 0.1) is 0 Å². The van der Waals surface area contributed by atoms with E-state index in [1.807, 2.05) is 77.4 Å². The van der Waals surface area contributed by atoms with Gasteiger partial charge in [-0.05, 0) is 29.8 Å². The molecule has 0 saturated heterocycles. The molecule has 0 aliphatic rings. The van der Waals surface area contributed by atoms with E-state index in [4.69, 9.17) is 5.73 Å². The lowest BCUT2D eigenvalue weighted by Crippen LogP contribution is -2.24. The van der Waals surface area contributed by atoms with E-state index in [0.29, 0.717) is 17.4 Å². The molecule has 0 radical (unpaired) electrons. The van der Waals surface area contributed by atoms with Gasteiger partial charge in [0.15, 0.2) is 11.0 Å². The number of anilines is 1. The van der Waals surface area contributed by atoms with Gasteiger partial charge in [0.05, 0.1) is 5.75 Å². The lowest BCUT2D eigenvalue weighted by molar-refractivity contribution is -0.118. The first-order chi connectivity index (χ1) is 16.1. The van der Waals surface area contributed by atoms with Gasteiger partial charge in [-0.25, -0.2) is 4.79 Å². The maximum absolute atomic E-state index is 12.5. The normalized spacial score (nSPS) is 10.5. The molecule has 4 N–H and O–H groups in total. The minimum Gasteiger partial charge on any atom is -0.351 e. The van der Waals surface area contributed by atoms with Gasteiger partial charge in [-0.1, -0.05) is 72.4 Å². The third kappa shape index (κ3) is 5.78. The Balaban J connectivity index is 1.42. The number of thioether (sulfide) groups is 1. The van der Waals surface area contributed by atoms with E-state index in [1.54, 1.807) is 12.1 Å². The summed E-state index contributed by atoms with van der Waals surface area (Å²) in [4.78, 5) is 23.4. The van der Waals surface area contributed by atoms with E-state index < -0.39 is 6.03 Å². The van der Waals surface area contributed by atoms with Gasteiger partial charge in [-0.15, -0.1) is 10.2 Å². The molecule has 0 aliphatic heterocycles. The van der Waals surface area contributed by atoms with E-state index in [2.05, 4.69) is 20.8 Å². The number of hydrogen-bond donors (Lipinski definition) is 3. The van der Waals surface area contributed by atoms with Crippen molar-refractivity contribution in [1.29, 1.82) is 0 Å². The smallest absolute Gasteiger partial charge is 0.316 e. The van der Waals surface area contributed by atoms with Crippen LogP contribution in [0.25, 0.3) is 17.1 Å². The van der Waals surface area contributed by atoms with Gasteiger partial charge in [-0.3, -0.25) is 9.36 Å². The molecule has 0 fully saturated rings. The third-order valence-corrected chi connectivity index (χ3v) is 5.65. The number of amides is 3. The Kier molecular flexibility index (Phi) is 7.01. The number of para-hydroxylation sites is 1. The summed E-state index contributed by atoms with van der Waals surface area (Å²) >= 11 is 1.33. The maximum Gasteiger partial charge on any atom is 0.316 e. The Morgan fingerprint density at radius 3 is 2.21 bits per heavy atom. The second kappa shape index (κ2) is 10.5. The van der Waals surface area contributed by atoms with Crippen LogP contribution in [0.2, 0.25) is 0 Å². The predicted octanol–water partition coefficient (Wildman–Crippen LogP) is 3.83. The van der Waals surface area contributed by atoms with Crippen LogP contribution in [-0.2, 0) is 11.3 Å². The molecule has 0 aliphatic carbocycles. The first-order valence-corrected chi connectivity index (χ1v) is 11.2. The number of hydrogen-bond acceptors (Lipinski definition) is 5. The van der Waals surface area contributed by atoms with E-state index >= 15 is 0 Å². The van der Waals surface area contributed by atoms with Crippen molar-refractivity contribution in [1.82, 2.24) is 20.1 Å². The molecule has 9 heteroatoms. The molecule has 0 spiro atoms. The van der Waals surface area contributed by atoms with Crippen LogP contribution >= 0.6 is 11.8 Å². The number of urea groups is 1. The van der Waals surface area contributed by atoms with Gasteiger partial charge in [0, 0.05) is 23.5 Å². The largest absolute Gasteiger partial charge is 0.351 e. The predicted molar refractivity (Wildman–Crippen MR) is 129 cm³/mol. The van der Waals surface area contributed by atoms with Crippen molar-refractivity contribution < 1.29 is 9.59 Å². The molecule has 8 nitrogen and oxygen atoms in total. The zero-order valence-corrected chi connectivity index (χ0v) is 18.5. The summed E-state index contributed by atoms with van der Waals surface area (Å²) in [5.74, 6) is 0.790. The summed E-state index contributed by atoms with van der Waals surface area (Å²) < 4.78 is 1.96. The van der Waals surface area contributed by atoms with E-state index in [9.17, 15) is 9.59 Å². The van der Waals surface area contributed by atoms with Crippen LogP contribution in [0.15, 0.2) is 90.1 Å². The minimum absolute atomic E-state index is 0.122. The summed E-state index contributed by atoms with van der Waals surface area (Å²) in [5, 5.41) is 14.8. The SMILES string of the molecule is NC(=O)Nc1ccc(CNC(=O)CSc2nnc(-c3ccccc3)n2-c2ccccc2)cc1. The summed E-state index contributed by atoms with van der Waals surface area (Å²) in [6.45, 7) is 0.372. The van der Waals surface area contributed by atoms with Crippen molar-refractivity contribution in [2.45, 2.75) is 11.7 Å². The molecule has 0 atom stereocenters. The van der Waals surface area contributed by atoms with Crippen molar-refractivity contribution in [2.24, 2.45) is 5.73 Å². The molecular weight excluding hydrogens is 436 g/mol. The van der Waals surface area contributed by atoms with Crippen LogP contribution in [0.1, 0.15) is 5.56 Å². The van der Waals surface area contributed by atoms with E-state index in [1.165, 1.54) is 11.8 Å². The number of aromatic nitrogens is 3. The highest BCUT2D eigenvalue weighted by molar-refractivity contribution is 7.99. The van der Waals surface area contributed by atoms with Crippen molar-refractivity contribution in [3.8, 4) is 17.1 Å². The Hall–Kier alpha value is -4.11. The molecule has 1 heterocycles. The first-order valence-electron chi connectivity index (χ1n) is 10.2. The second-order valence-electron chi connectivity index (χ2n) is 7.09. The first kappa shape index (κ1) is 22.1. The summed E-state index contributed by atoms with van der Waals surface area (Å²) in [6, 6.07) is 26.1. The lowest BCUT2D eigenvalue weighted by atomic mass is 10.2. The maximum atomic E-state index is 12.5.